The Morgan fingerprint density at radius 1 is 1.12 bits per heavy atom. The predicted octanol–water partition coefficient (Wildman–Crippen LogP) is 2.48. The van der Waals surface area contributed by atoms with Gasteiger partial charge in [-0.05, 0) is 24.6 Å². The van der Waals surface area contributed by atoms with Gasteiger partial charge in [0.05, 0.1) is 11.9 Å². The molecule has 1 saturated heterocycles. The van der Waals surface area contributed by atoms with Crippen LogP contribution in [-0.2, 0) is 16.4 Å². The number of benzene rings is 1. The number of hydrogen-bond donors (Lipinski definition) is 1. The van der Waals surface area contributed by atoms with Gasteiger partial charge in [0.1, 0.15) is 23.8 Å². The lowest BCUT2D eigenvalue weighted by Crippen LogP contribution is -2.53. The number of ketones is 1. The predicted molar refractivity (Wildman–Crippen MR) is 119 cm³/mol. The van der Waals surface area contributed by atoms with Crippen molar-refractivity contribution in [3.8, 4) is 5.88 Å². The van der Waals surface area contributed by atoms with Crippen LogP contribution in [0.25, 0.3) is 0 Å². The van der Waals surface area contributed by atoms with E-state index in [9.17, 15) is 13.2 Å². The van der Waals surface area contributed by atoms with E-state index in [-0.39, 0.29) is 34.2 Å². The third-order valence-electron chi connectivity index (χ3n) is 4.99. The van der Waals surface area contributed by atoms with Crippen LogP contribution in [0.4, 0.5) is 11.5 Å². The average molecular weight is 454 g/mol. The van der Waals surface area contributed by atoms with Crippen molar-refractivity contribution in [1.82, 2.24) is 19.9 Å². The second-order valence-electron chi connectivity index (χ2n) is 7.66. The quantitative estimate of drug-likeness (QED) is 0.514. The van der Waals surface area contributed by atoms with Gasteiger partial charge in [-0.25, -0.2) is 23.4 Å². The summed E-state index contributed by atoms with van der Waals surface area (Å²) >= 11 is 0. The molecule has 4 rings (SSSR count). The normalized spacial score (nSPS) is 14.6. The third kappa shape index (κ3) is 5.09. The van der Waals surface area contributed by atoms with Gasteiger partial charge in [-0.15, -0.1) is 0 Å². The smallest absolute Gasteiger partial charge is 0.230 e. The summed E-state index contributed by atoms with van der Waals surface area (Å²) < 4.78 is 29.2. The molecular weight excluding hydrogens is 430 g/mol. The second-order valence-corrected chi connectivity index (χ2v) is 9.62. The lowest BCUT2D eigenvalue weighted by atomic mass is 10.1. The Morgan fingerprint density at radius 3 is 2.50 bits per heavy atom. The third-order valence-corrected chi connectivity index (χ3v) is 6.00. The maximum Gasteiger partial charge on any atom is 0.230 e. The van der Waals surface area contributed by atoms with Gasteiger partial charge in [0.15, 0.2) is 20.6 Å². The number of carbonyl (C=O) groups is 1. The Morgan fingerprint density at radius 2 is 1.88 bits per heavy atom. The molecule has 10 heteroatoms. The fraction of sp³-hybridized carbons (Fsp3) is 0.273. The summed E-state index contributed by atoms with van der Waals surface area (Å²) in [6.07, 6.45) is 3.71. The molecule has 0 bridgehead atoms. The van der Waals surface area contributed by atoms with Crippen LogP contribution in [-0.4, -0.2) is 59.5 Å². The van der Waals surface area contributed by atoms with E-state index in [2.05, 4.69) is 37.3 Å². The molecule has 0 aliphatic carbocycles. The minimum atomic E-state index is -3.40. The molecule has 1 N–H and O–H groups in total. The summed E-state index contributed by atoms with van der Waals surface area (Å²) in [5, 5.41) is 2.97. The highest BCUT2D eigenvalue weighted by Gasteiger charge is 2.30. The summed E-state index contributed by atoms with van der Waals surface area (Å²) in [7, 11) is -3.40. The number of ether oxygens (including phenoxy) is 1. The first kappa shape index (κ1) is 21.8. The van der Waals surface area contributed by atoms with E-state index in [0.29, 0.717) is 5.69 Å². The fourth-order valence-electron chi connectivity index (χ4n) is 3.41. The van der Waals surface area contributed by atoms with E-state index in [1.54, 1.807) is 6.07 Å². The van der Waals surface area contributed by atoms with Gasteiger partial charge >= 0.3 is 0 Å². The summed E-state index contributed by atoms with van der Waals surface area (Å²) in [6, 6.07) is 13.1. The molecule has 32 heavy (non-hydrogen) atoms. The first-order valence-electron chi connectivity index (χ1n) is 10.0. The van der Waals surface area contributed by atoms with Gasteiger partial charge in [-0.3, -0.25) is 9.69 Å². The molecule has 0 radical (unpaired) electrons. The Bertz CT molecular complexity index is 1210. The molecular formula is C22H23N5O4S. The maximum absolute atomic E-state index is 12.4. The molecule has 166 valence electrons. The molecule has 0 saturated carbocycles. The molecule has 3 heterocycles. The first-order valence-corrected chi connectivity index (χ1v) is 11.9. The molecule has 1 aromatic carbocycles. The zero-order valence-electron chi connectivity index (χ0n) is 17.7. The highest BCUT2D eigenvalue weighted by Crippen LogP contribution is 2.28. The number of Topliss-reactive ketones (excluding diaryl/α,β-unsaturated/α-hetero) is 1. The van der Waals surface area contributed by atoms with Crippen LogP contribution in [0.5, 0.6) is 5.88 Å². The van der Waals surface area contributed by atoms with Crippen molar-refractivity contribution in [3.63, 3.8) is 0 Å². The number of likely N-dealkylation sites (tertiary alicyclic amines) is 1. The summed E-state index contributed by atoms with van der Waals surface area (Å²) in [6.45, 7) is 3.73. The number of nitrogens with zero attached hydrogens (tertiary/aromatic N) is 4. The van der Waals surface area contributed by atoms with Crippen LogP contribution in [0.3, 0.4) is 0 Å². The average Bonchev–Trinajstić information content (AvgIpc) is 2.72. The van der Waals surface area contributed by atoms with Crippen LogP contribution in [0, 0.1) is 0 Å². The van der Waals surface area contributed by atoms with Crippen LogP contribution < -0.4 is 10.1 Å². The zero-order valence-corrected chi connectivity index (χ0v) is 18.5. The number of hydrogen-bond acceptors (Lipinski definition) is 9. The van der Waals surface area contributed by atoms with Crippen molar-refractivity contribution in [2.24, 2.45) is 0 Å². The number of aromatic nitrogens is 3. The lowest BCUT2D eigenvalue weighted by Gasteiger charge is -2.38. The molecule has 1 aliphatic rings. The number of anilines is 2. The summed E-state index contributed by atoms with van der Waals surface area (Å²) in [5.41, 5.74) is 1.96. The van der Waals surface area contributed by atoms with Crippen LogP contribution in [0.15, 0.2) is 60.0 Å². The largest absolute Gasteiger partial charge is 0.471 e. The van der Waals surface area contributed by atoms with Gasteiger partial charge in [-0.2, -0.15) is 0 Å². The van der Waals surface area contributed by atoms with Crippen molar-refractivity contribution in [1.29, 1.82) is 0 Å². The van der Waals surface area contributed by atoms with Crippen LogP contribution >= 0.6 is 0 Å². The molecule has 0 atom stereocenters. The second kappa shape index (κ2) is 9.01. The van der Waals surface area contributed by atoms with Gasteiger partial charge in [-0.1, -0.05) is 30.3 Å². The highest BCUT2D eigenvalue weighted by molar-refractivity contribution is 7.90. The minimum absolute atomic E-state index is 0.0356. The van der Waals surface area contributed by atoms with Crippen molar-refractivity contribution < 1.29 is 17.9 Å². The summed E-state index contributed by atoms with van der Waals surface area (Å²) in [4.78, 5) is 26.9. The number of rotatable bonds is 8. The monoisotopic (exact) mass is 453 g/mol. The Balaban J connectivity index is 1.45. The van der Waals surface area contributed by atoms with Crippen LogP contribution in [0.1, 0.15) is 22.8 Å². The Labute approximate surface area is 186 Å². The number of pyridine rings is 1. The van der Waals surface area contributed by atoms with Gasteiger partial charge in [0.2, 0.25) is 5.88 Å². The fourth-order valence-corrected chi connectivity index (χ4v) is 3.97. The van der Waals surface area contributed by atoms with Gasteiger partial charge in [0.25, 0.3) is 0 Å². The molecule has 2 aromatic heterocycles. The molecule has 3 aromatic rings. The maximum atomic E-state index is 12.4. The standard InChI is InChI=1S/C22H23N5O4S/c1-15(28)20-21(26-17-8-9-19(23-10-17)32(2,29)30)24-14-25-22(20)31-18-12-27(13-18)11-16-6-4-3-5-7-16/h3-10,14,18H,11-13H2,1-2H3,(H,24,25,26). The topological polar surface area (TPSA) is 114 Å². The molecule has 0 spiro atoms. The number of carbonyl (C=O) groups excluding carboxylic acids is 1. The van der Waals surface area contributed by atoms with Crippen LogP contribution in [0.2, 0.25) is 0 Å². The molecule has 0 amide bonds. The Hall–Kier alpha value is -3.37. The SMILES string of the molecule is CC(=O)c1c(Nc2ccc(S(C)(=O)=O)nc2)ncnc1OC1CN(Cc2ccccc2)C1. The van der Waals surface area contributed by atoms with E-state index >= 15 is 0 Å². The van der Waals surface area contributed by atoms with Gasteiger partial charge in [0, 0.05) is 25.9 Å². The van der Waals surface area contributed by atoms with Crippen molar-refractivity contribution in [3.05, 3.63) is 66.1 Å². The Kier molecular flexibility index (Phi) is 6.15. The van der Waals surface area contributed by atoms with E-state index in [1.165, 1.54) is 31.1 Å². The van der Waals surface area contributed by atoms with E-state index < -0.39 is 9.84 Å². The van der Waals surface area contributed by atoms with Crippen molar-refractivity contribution in [2.75, 3.05) is 24.7 Å². The van der Waals surface area contributed by atoms with Crippen molar-refractivity contribution >= 4 is 27.1 Å². The molecule has 1 aliphatic heterocycles. The van der Waals surface area contributed by atoms with Gasteiger partial charge < -0.3 is 10.1 Å². The zero-order chi connectivity index (χ0) is 22.7. The minimum Gasteiger partial charge on any atom is -0.471 e. The number of nitrogens with one attached hydrogen (secondary N) is 1. The van der Waals surface area contributed by atoms with E-state index in [4.69, 9.17) is 4.74 Å². The molecule has 1 fully saturated rings. The van der Waals surface area contributed by atoms with E-state index in [0.717, 1.165) is 25.9 Å². The molecule has 0 unspecified atom stereocenters. The summed E-state index contributed by atoms with van der Waals surface area (Å²) in [5.74, 6) is 0.251. The first-order chi connectivity index (χ1) is 15.3. The number of sulfone groups is 1. The highest BCUT2D eigenvalue weighted by atomic mass is 32.2. The van der Waals surface area contributed by atoms with E-state index in [1.807, 2.05) is 18.2 Å². The molecule has 9 nitrogen and oxygen atoms in total. The lowest BCUT2D eigenvalue weighted by molar-refractivity contribution is 0.0113. The van der Waals surface area contributed by atoms with Crippen molar-refractivity contribution in [2.45, 2.75) is 24.6 Å².